The van der Waals surface area contributed by atoms with Crippen molar-refractivity contribution < 1.29 is 19.1 Å². The first-order chi connectivity index (χ1) is 14.2. The molecule has 3 aromatic rings. The number of nitrogens with one attached hydrogen (secondary N) is 1. The van der Waals surface area contributed by atoms with E-state index in [-0.39, 0.29) is 11.9 Å². The van der Waals surface area contributed by atoms with E-state index in [9.17, 15) is 9.59 Å². The Balaban J connectivity index is 1.62. The summed E-state index contributed by atoms with van der Waals surface area (Å²) in [7, 11) is 0. The largest absolute Gasteiger partial charge is 0.492 e. The zero-order chi connectivity index (χ0) is 20.5. The number of para-hydroxylation sites is 1. The molecule has 1 amide bonds. The summed E-state index contributed by atoms with van der Waals surface area (Å²) in [5, 5.41) is 2.83. The van der Waals surface area contributed by atoms with Gasteiger partial charge in [0.05, 0.1) is 24.3 Å². The Morgan fingerprint density at radius 2 is 1.55 bits per heavy atom. The summed E-state index contributed by atoms with van der Waals surface area (Å²) in [6.45, 7) is 2.55. The summed E-state index contributed by atoms with van der Waals surface area (Å²) in [5.41, 5.74) is 2.66. The first kappa shape index (κ1) is 20.1. The average molecular weight is 389 g/mol. The number of esters is 1. The molecule has 1 N–H and O–H groups in total. The molecule has 0 heterocycles. The van der Waals surface area contributed by atoms with E-state index in [0.717, 1.165) is 6.42 Å². The summed E-state index contributed by atoms with van der Waals surface area (Å²) < 4.78 is 10.8. The summed E-state index contributed by atoms with van der Waals surface area (Å²) in [6.07, 6.45) is 0.756. The Labute approximate surface area is 170 Å². The van der Waals surface area contributed by atoms with Crippen LogP contribution in [0.1, 0.15) is 33.2 Å². The number of ether oxygens (including phenoxy) is 2. The Bertz CT molecular complexity index is 952. The quantitative estimate of drug-likeness (QED) is 0.565. The molecule has 0 fully saturated rings. The van der Waals surface area contributed by atoms with Crippen molar-refractivity contribution in [2.45, 2.75) is 13.3 Å². The summed E-state index contributed by atoms with van der Waals surface area (Å²) >= 11 is 0. The lowest BCUT2D eigenvalue weighted by molar-refractivity contribution is 0.0526. The third kappa shape index (κ3) is 5.69. The number of rotatable bonds is 8. The zero-order valence-electron chi connectivity index (χ0n) is 16.3. The molecule has 0 saturated heterocycles. The van der Waals surface area contributed by atoms with Crippen LogP contribution in [0, 0.1) is 0 Å². The van der Waals surface area contributed by atoms with E-state index in [1.807, 2.05) is 36.4 Å². The molecule has 0 aliphatic rings. The Kier molecular flexibility index (Phi) is 7.00. The van der Waals surface area contributed by atoms with Gasteiger partial charge in [0.2, 0.25) is 0 Å². The third-order valence-corrected chi connectivity index (χ3v) is 4.28. The number of benzene rings is 3. The molecule has 3 aromatic carbocycles. The Hall–Kier alpha value is -3.60. The first-order valence-electron chi connectivity index (χ1n) is 9.51. The maximum atomic E-state index is 12.7. The molecule has 0 radical (unpaired) electrons. The summed E-state index contributed by atoms with van der Waals surface area (Å²) in [6, 6.07) is 23.8. The van der Waals surface area contributed by atoms with Crippen LogP contribution in [0.4, 0.5) is 5.69 Å². The molecule has 5 nitrogen and oxygen atoms in total. The van der Waals surface area contributed by atoms with Gasteiger partial charge in [0.15, 0.2) is 0 Å². The van der Waals surface area contributed by atoms with Gasteiger partial charge in [-0.25, -0.2) is 4.79 Å². The second kappa shape index (κ2) is 10.1. The SMILES string of the molecule is CCOC(=O)c1ccc(NC(=O)c2ccccc2OCCc2ccccc2)cc1. The third-order valence-electron chi connectivity index (χ3n) is 4.28. The van der Waals surface area contributed by atoms with Crippen molar-refractivity contribution >= 4 is 17.6 Å². The van der Waals surface area contributed by atoms with Gasteiger partial charge in [0, 0.05) is 12.1 Å². The number of amides is 1. The number of anilines is 1. The van der Waals surface area contributed by atoms with Crippen LogP contribution in [-0.2, 0) is 11.2 Å². The molecule has 5 heteroatoms. The molecule has 0 spiro atoms. The van der Waals surface area contributed by atoms with Crippen molar-refractivity contribution in [3.05, 3.63) is 95.6 Å². The van der Waals surface area contributed by atoms with Crippen molar-refractivity contribution in [3.8, 4) is 5.75 Å². The van der Waals surface area contributed by atoms with E-state index in [2.05, 4.69) is 5.32 Å². The van der Waals surface area contributed by atoms with Crippen LogP contribution in [0.5, 0.6) is 5.75 Å². The van der Waals surface area contributed by atoms with Gasteiger partial charge in [-0.1, -0.05) is 42.5 Å². The zero-order valence-corrected chi connectivity index (χ0v) is 16.3. The van der Waals surface area contributed by atoms with Crippen LogP contribution in [0.15, 0.2) is 78.9 Å². The number of carbonyl (C=O) groups excluding carboxylic acids is 2. The molecule has 3 rings (SSSR count). The lowest BCUT2D eigenvalue weighted by Crippen LogP contribution is -2.14. The predicted molar refractivity (Wildman–Crippen MR) is 112 cm³/mol. The maximum Gasteiger partial charge on any atom is 0.338 e. The minimum Gasteiger partial charge on any atom is -0.492 e. The highest BCUT2D eigenvalue weighted by Crippen LogP contribution is 2.20. The van der Waals surface area contributed by atoms with Crippen LogP contribution in [0.2, 0.25) is 0 Å². The number of hydrogen-bond acceptors (Lipinski definition) is 4. The van der Waals surface area contributed by atoms with Gasteiger partial charge < -0.3 is 14.8 Å². The molecule has 0 saturated carbocycles. The van der Waals surface area contributed by atoms with Crippen LogP contribution in [0.25, 0.3) is 0 Å². The maximum absolute atomic E-state index is 12.7. The lowest BCUT2D eigenvalue weighted by Gasteiger charge is -2.12. The highest BCUT2D eigenvalue weighted by molar-refractivity contribution is 6.06. The van der Waals surface area contributed by atoms with Crippen LogP contribution < -0.4 is 10.1 Å². The highest BCUT2D eigenvalue weighted by Gasteiger charge is 2.13. The molecule has 0 atom stereocenters. The second-order valence-corrected chi connectivity index (χ2v) is 6.33. The molecule has 29 heavy (non-hydrogen) atoms. The van der Waals surface area contributed by atoms with Crippen LogP contribution in [-0.4, -0.2) is 25.1 Å². The van der Waals surface area contributed by atoms with Crippen LogP contribution in [0.3, 0.4) is 0 Å². The monoisotopic (exact) mass is 389 g/mol. The van der Waals surface area contributed by atoms with E-state index < -0.39 is 0 Å². The van der Waals surface area contributed by atoms with E-state index in [0.29, 0.717) is 35.8 Å². The van der Waals surface area contributed by atoms with Gasteiger partial charge in [-0.05, 0) is 48.9 Å². The molecular formula is C24H23NO4. The standard InChI is InChI=1S/C24H23NO4/c1-2-28-24(27)19-12-14-20(15-13-19)25-23(26)21-10-6-7-11-22(21)29-17-16-18-8-4-3-5-9-18/h3-15H,2,16-17H2,1H3,(H,25,26). The van der Waals surface area contributed by atoms with E-state index in [4.69, 9.17) is 9.47 Å². The van der Waals surface area contributed by atoms with E-state index in [1.54, 1.807) is 49.4 Å². The minimum absolute atomic E-state index is 0.274. The molecule has 0 bridgehead atoms. The molecular weight excluding hydrogens is 366 g/mol. The Morgan fingerprint density at radius 1 is 0.862 bits per heavy atom. The number of hydrogen-bond donors (Lipinski definition) is 1. The van der Waals surface area contributed by atoms with Gasteiger partial charge >= 0.3 is 5.97 Å². The number of carbonyl (C=O) groups is 2. The normalized spacial score (nSPS) is 10.2. The lowest BCUT2D eigenvalue weighted by atomic mass is 10.1. The smallest absolute Gasteiger partial charge is 0.338 e. The van der Waals surface area contributed by atoms with Crippen LogP contribution >= 0.6 is 0 Å². The van der Waals surface area contributed by atoms with Gasteiger partial charge in [-0.2, -0.15) is 0 Å². The predicted octanol–water partition coefficient (Wildman–Crippen LogP) is 4.74. The van der Waals surface area contributed by atoms with Crippen molar-refractivity contribution in [1.29, 1.82) is 0 Å². The van der Waals surface area contributed by atoms with Gasteiger partial charge in [-0.3, -0.25) is 4.79 Å². The van der Waals surface area contributed by atoms with Crippen molar-refractivity contribution in [3.63, 3.8) is 0 Å². The highest BCUT2D eigenvalue weighted by atomic mass is 16.5. The van der Waals surface area contributed by atoms with Gasteiger partial charge in [0.25, 0.3) is 5.91 Å². The topological polar surface area (TPSA) is 64.6 Å². The molecule has 0 aliphatic heterocycles. The van der Waals surface area contributed by atoms with Crippen molar-refractivity contribution in [2.24, 2.45) is 0 Å². The fraction of sp³-hybridized carbons (Fsp3) is 0.167. The molecule has 0 aromatic heterocycles. The molecule has 0 unspecified atom stereocenters. The first-order valence-corrected chi connectivity index (χ1v) is 9.51. The minimum atomic E-state index is -0.387. The van der Waals surface area contributed by atoms with Gasteiger partial charge in [-0.15, -0.1) is 0 Å². The van der Waals surface area contributed by atoms with E-state index in [1.165, 1.54) is 5.56 Å². The van der Waals surface area contributed by atoms with Crippen molar-refractivity contribution in [2.75, 3.05) is 18.5 Å². The molecule has 148 valence electrons. The summed E-state index contributed by atoms with van der Waals surface area (Å²) in [5.74, 6) is -0.129. The van der Waals surface area contributed by atoms with E-state index >= 15 is 0 Å². The summed E-state index contributed by atoms with van der Waals surface area (Å²) in [4.78, 5) is 24.4. The van der Waals surface area contributed by atoms with Crippen molar-refractivity contribution in [1.82, 2.24) is 0 Å². The molecule has 0 aliphatic carbocycles. The average Bonchev–Trinajstić information content (AvgIpc) is 2.75. The Morgan fingerprint density at radius 3 is 2.28 bits per heavy atom. The fourth-order valence-corrected chi connectivity index (χ4v) is 2.81. The van der Waals surface area contributed by atoms with Gasteiger partial charge in [0.1, 0.15) is 5.75 Å². The fourth-order valence-electron chi connectivity index (χ4n) is 2.81. The second-order valence-electron chi connectivity index (χ2n) is 6.33.